The molecule has 1 aliphatic rings. The standard InChI is InChI=1S/C9H15Si.Li/c1-8-6-5-7-9(8)10(2,3)4;/h7H,5H2,1-4H3;. The van der Waals surface area contributed by atoms with Crippen molar-refractivity contribution in [1.29, 1.82) is 0 Å². The molecule has 0 saturated heterocycles. The van der Waals surface area contributed by atoms with Crippen molar-refractivity contribution in [3.63, 3.8) is 0 Å². The maximum absolute atomic E-state index is 2.43. The molecule has 0 amide bonds. The third-order valence-electron chi connectivity index (χ3n) is 2.46. The van der Waals surface area contributed by atoms with E-state index in [1.165, 1.54) is 6.42 Å². The first-order valence-electron chi connectivity index (χ1n) is 4.30. The minimum absolute atomic E-state index is 1.03. The summed E-state index contributed by atoms with van der Waals surface area (Å²) >= 11 is 2.25. The van der Waals surface area contributed by atoms with Crippen molar-refractivity contribution in [2.75, 3.05) is 0 Å². The molecule has 1 rings (SSSR count). The molecule has 0 atom stereocenters. The van der Waals surface area contributed by atoms with Crippen LogP contribution in [0.4, 0.5) is 0 Å². The number of hydrogen-bond donors (Lipinski definition) is 0. The molecular weight excluding hydrogens is 143 g/mol. The summed E-state index contributed by atoms with van der Waals surface area (Å²) in [7, 11) is -1.03. The van der Waals surface area contributed by atoms with Crippen molar-refractivity contribution in [3.8, 4) is 0 Å². The van der Waals surface area contributed by atoms with E-state index in [0.717, 1.165) is 0 Å². The average Bonchev–Trinajstić information content (AvgIpc) is 2.11. The van der Waals surface area contributed by atoms with Crippen LogP contribution in [-0.2, 0) is 0 Å². The molecule has 0 fully saturated rings. The van der Waals surface area contributed by atoms with E-state index in [1.54, 1.807) is 15.0 Å². The fourth-order valence-electron chi connectivity index (χ4n) is 1.66. The molecule has 0 N–H and O–H groups in total. The van der Waals surface area contributed by atoms with Crippen LogP contribution in [0.5, 0.6) is 0 Å². The molecule has 0 aromatic rings. The van der Waals surface area contributed by atoms with Crippen molar-refractivity contribution >= 4 is 25.8 Å². The van der Waals surface area contributed by atoms with Crippen molar-refractivity contribution in [2.24, 2.45) is 0 Å². The molecule has 0 unspecified atom stereocenters. The van der Waals surface area contributed by atoms with Crippen molar-refractivity contribution < 1.29 is 0 Å². The Morgan fingerprint density at radius 2 is 1.91 bits per heavy atom. The molecule has 1 aliphatic carbocycles. The van der Waals surface area contributed by atoms with Gasteiger partial charge in [0.25, 0.3) is 0 Å². The van der Waals surface area contributed by atoms with Crippen LogP contribution in [-0.4, -0.2) is 25.8 Å². The van der Waals surface area contributed by atoms with Gasteiger partial charge in [0.15, 0.2) is 0 Å². The second-order valence-corrected chi connectivity index (χ2v) is 9.52. The van der Waals surface area contributed by atoms with Crippen LogP contribution >= 0.6 is 0 Å². The topological polar surface area (TPSA) is 0 Å². The molecule has 0 radical (unpaired) electrons. The van der Waals surface area contributed by atoms with Crippen molar-refractivity contribution in [1.82, 2.24) is 0 Å². The molecule has 0 aromatic carbocycles. The van der Waals surface area contributed by atoms with Crippen LogP contribution in [0.1, 0.15) is 13.3 Å². The van der Waals surface area contributed by atoms with E-state index in [9.17, 15) is 0 Å². The zero-order valence-electron chi connectivity index (χ0n) is 8.28. The van der Waals surface area contributed by atoms with Gasteiger partial charge in [0.2, 0.25) is 0 Å². The second kappa shape index (κ2) is 2.97. The van der Waals surface area contributed by atoms with Gasteiger partial charge in [0.05, 0.1) is 0 Å². The number of allylic oxidation sites excluding steroid dienone is 4. The first kappa shape index (κ1) is 9.38. The zero-order chi connectivity index (χ0) is 8.65. The van der Waals surface area contributed by atoms with Gasteiger partial charge in [-0.3, -0.25) is 0 Å². The van der Waals surface area contributed by atoms with Crippen LogP contribution in [0.3, 0.4) is 0 Å². The van der Waals surface area contributed by atoms with Gasteiger partial charge in [-0.15, -0.1) is 0 Å². The Hall–Kier alpha value is 0.294. The molecule has 0 aliphatic heterocycles. The predicted octanol–water partition coefficient (Wildman–Crippen LogP) is 2.64. The Kier molecular flexibility index (Phi) is 2.54. The molecule has 0 spiro atoms. The van der Waals surface area contributed by atoms with Gasteiger partial charge in [-0.2, -0.15) is 0 Å². The molecule has 11 heavy (non-hydrogen) atoms. The quantitative estimate of drug-likeness (QED) is 0.515. The third kappa shape index (κ3) is 1.90. The Morgan fingerprint density at radius 1 is 1.36 bits per heavy atom. The molecule has 0 bridgehead atoms. The molecule has 0 nitrogen and oxygen atoms in total. The molecule has 0 heterocycles. The zero-order valence-corrected chi connectivity index (χ0v) is 9.28. The monoisotopic (exact) mass is 158 g/mol. The normalized spacial score (nSPS) is 19.3. The van der Waals surface area contributed by atoms with E-state index in [0.29, 0.717) is 0 Å². The summed E-state index contributed by atoms with van der Waals surface area (Å²) in [6, 6.07) is 0. The van der Waals surface area contributed by atoms with E-state index < -0.39 is 8.07 Å². The van der Waals surface area contributed by atoms with Gasteiger partial charge in [0, 0.05) is 0 Å². The van der Waals surface area contributed by atoms with Crippen LogP contribution in [0.25, 0.3) is 0 Å². The summed E-state index contributed by atoms with van der Waals surface area (Å²) in [6.45, 7) is 9.52. The fraction of sp³-hybridized carbons (Fsp3) is 0.556. The molecule has 0 aromatic heterocycles. The Balaban J connectivity index is 2.94. The van der Waals surface area contributed by atoms with Crippen LogP contribution in [0.15, 0.2) is 21.1 Å². The van der Waals surface area contributed by atoms with Gasteiger partial charge in [-0.1, -0.05) is 0 Å². The molecular formula is C9H15LiSi. The Labute approximate surface area is 80.0 Å². The Bertz CT molecular complexity index is 230. The summed E-state index contributed by atoms with van der Waals surface area (Å²) in [5.74, 6) is 0. The first-order valence-corrected chi connectivity index (χ1v) is 7.80. The molecule has 2 heteroatoms. The van der Waals surface area contributed by atoms with Crippen LogP contribution in [0, 0.1) is 0 Å². The van der Waals surface area contributed by atoms with Gasteiger partial charge in [-0.05, 0) is 0 Å². The van der Waals surface area contributed by atoms with E-state index in [-0.39, 0.29) is 0 Å². The van der Waals surface area contributed by atoms with Gasteiger partial charge in [-0.25, -0.2) is 0 Å². The summed E-state index contributed by atoms with van der Waals surface area (Å²) in [4.78, 5) is 0. The fourth-order valence-corrected chi connectivity index (χ4v) is 3.71. The van der Waals surface area contributed by atoms with Gasteiger partial charge >= 0.3 is 79.9 Å². The van der Waals surface area contributed by atoms with E-state index in [4.69, 9.17) is 0 Å². The van der Waals surface area contributed by atoms with Crippen molar-refractivity contribution in [2.45, 2.75) is 33.0 Å². The van der Waals surface area contributed by atoms with Gasteiger partial charge in [0.1, 0.15) is 0 Å². The summed E-state index contributed by atoms with van der Waals surface area (Å²) in [5.41, 5.74) is 1.57. The predicted molar refractivity (Wildman–Crippen MR) is 54.5 cm³/mol. The van der Waals surface area contributed by atoms with E-state index in [2.05, 4.69) is 50.4 Å². The number of hydrogen-bond acceptors (Lipinski definition) is 0. The van der Waals surface area contributed by atoms with Crippen molar-refractivity contribution in [3.05, 3.63) is 21.1 Å². The number of rotatable bonds is 1. The summed E-state index contributed by atoms with van der Waals surface area (Å²) in [6.07, 6.45) is 3.63. The van der Waals surface area contributed by atoms with Gasteiger partial charge < -0.3 is 0 Å². The summed E-state index contributed by atoms with van der Waals surface area (Å²) in [5, 5.41) is 1.68. The Morgan fingerprint density at radius 3 is 2.09 bits per heavy atom. The molecule has 56 valence electrons. The van der Waals surface area contributed by atoms with Crippen LogP contribution in [0.2, 0.25) is 19.6 Å². The first-order chi connectivity index (χ1) is 4.93. The molecule has 0 saturated carbocycles. The van der Waals surface area contributed by atoms with Crippen LogP contribution < -0.4 is 0 Å². The second-order valence-electron chi connectivity index (χ2n) is 4.48. The van der Waals surface area contributed by atoms with E-state index in [1.807, 2.05) is 0 Å². The van der Waals surface area contributed by atoms with E-state index >= 15 is 0 Å². The SMILES string of the molecule is [Li][C]1=C(C)C([Si](C)(C)C)=CC1. The maximum atomic E-state index is 2.43. The summed E-state index contributed by atoms with van der Waals surface area (Å²) < 4.78 is 1.57. The minimum atomic E-state index is -1.03. The third-order valence-corrected chi connectivity index (χ3v) is 4.66. The average molecular weight is 158 g/mol.